The molecular formula is C20H20N2O5S. The van der Waals surface area contributed by atoms with E-state index in [-0.39, 0.29) is 22.9 Å². The molecule has 1 amide bonds. The lowest BCUT2D eigenvalue weighted by atomic mass is 10.2. The van der Waals surface area contributed by atoms with Gasteiger partial charge in [-0.05, 0) is 29.8 Å². The molecule has 0 spiro atoms. The van der Waals surface area contributed by atoms with Crippen LogP contribution >= 0.6 is 0 Å². The standard InChI is InChI=1S/C20H20N2O5S/c1-3-13-21-28(25,26)18-11-9-17(10-12-18)20(24)27-15-19(23)22(2)14-16-7-5-4-6-8-16/h1,4-12,21H,13-15H2,2H3. The molecule has 0 saturated heterocycles. The molecule has 0 saturated carbocycles. The van der Waals surface area contributed by atoms with Gasteiger partial charge in [0.25, 0.3) is 5.91 Å². The molecule has 0 aromatic heterocycles. The molecule has 0 aliphatic heterocycles. The van der Waals surface area contributed by atoms with Gasteiger partial charge in [0, 0.05) is 13.6 Å². The second-order valence-corrected chi connectivity index (χ2v) is 7.63. The minimum Gasteiger partial charge on any atom is -0.452 e. The van der Waals surface area contributed by atoms with Crippen LogP contribution in [-0.4, -0.2) is 45.4 Å². The third kappa shape index (κ3) is 5.94. The van der Waals surface area contributed by atoms with Gasteiger partial charge in [-0.15, -0.1) is 6.42 Å². The van der Waals surface area contributed by atoms with Crippen molar-refractivity contribution in [1.29, 1.82) is 0 Å². The van der Waals surface area contributed by atoms with E-state index < -0.39 is 22.6 Å². The molecule has 0 aliphatic carbocycles. The van der Waals surface area contributed by atoms with Gasteiger partial charge in [-0.2, -0.15) is 4.72 Å². The maximum absolute atomic E-state index is 12.1. The van der Waals surface area contributed by atoms with Crippen LogP contribution in [-0.2, 0) is 26.1 Å². The minimum atomic E-state index is -3.74. The summed E-state index contributed by atoms with van der Waals surface area (Å²) < 4.78 is 31.1. The van der Waals surface area contributed by atoms with E-state index in [1.54, 1.807) is 7.05 Å². The van der Waals surface area contributed by atoms with Gasteiger partial charge in [0.2, 0.25) is 10.0 Å². The number of nitrogens with zero attached hydrogens (tertiary/aromatic N) is 1. The second-order valence-electron chi connectivity index (χ2n) is 5.86. The Morgan fingerprint density at radius 1 is 1.11 bits per heavy atom. The Balaban J connectivity index is 1.90. The van der Waals surface area contributed by atoms with Gasteiger partial charge in [-0.25, -0.2) is 13.2 Å². The molecule has 2 aromatic rings. The first-order valence-corrected chi connectivity index (χ1v) is 9.80. The lowest BCUT2D eigenvalue weighted by Crippen LogP contribution is -2.30. The van der Waals surface area contributed by atoms with E-state index in [0.29, 0.717) is 6.54 Å². The molecular weight excluding hydrogens is 380 g/mol. The molecule has 0 fully saturated rings. The molecule has 0 atom stereocenters. The van der Waals surface area contributed by atoms with Crippen molar-refractivity contribution in [2.45, 2.75) is 11.4 Å². The summed E-state index contributed by atoms with van der Waals surface area (Å²) in [5, 5.41) is 0. The maximum atomic E-state index is 12.1. The summed E-state index contributed by atoms with van der Waals surface area (Å²) in [6, 6.07) is 14.6. The van der Waals surface area contributed by atoms with Crippen LogP contribution in [0.1, 0.15) is 15.9 Å². The van der Waals surface area contributed by atoms with E-state index >= 15 is 0 Å². The zero-order valence-electron chi connectivity index (χ0n) is 15.3. The summed E-state index contributed by atoms with van der Waals surface area (Å²) in [7, 11) is -2.12. The predicted molar refractivity (Wildman–Crippen MR) is 104 cm³/mol. The summed E-state index contributed by atoms with van der Waals surface area (Å²) in [6.45, 7) is -0.148. The Morgan fingerprint density at radius 2 is 1.75 bits per heavy atom. The van der Waals surface area contributed by atoms with Gasteiger partial charge in [0.1, 0.15) is 0 Å². The number of likely N-dealkylation sites (N-methyl/N-ethyl adjacent to an activating group) is 1. The van der Waals surface area contributed by atoms with Crippen molar-refractivity contribution in [3.8, 4) is 12.3 Å². The Morgan fingerprint density at radius 3 is 2.36 bits per heavy atom. The largest absolute Gasteiger partial charge is 0.452 e. The molecule has 0 radical (unpaired) electrons. The zero-order chi connectivity index (χ0) is 20.6. The number of hydrogen-bond acceptors (Lipinski definition) is 5. The number of carbonyl (C=O) groups excluding carboxylic acids is 2. The zero-order valence-corrected chi connectivity index (χ0v) is 16.1. The number of esters is 1. The number of rotatable bonds is 8. The highest BCUT2D eigenvalue weighted by Crippen LogP contribution is 2.11. The van der Waals surface area contributed by atoms with Crippen LogP contribution in [0, 0.1) is 12.3 Å². The number of amides is 1. The highest BCUT2D eigenvalue weighted by Gasteiger charge is 2.16. The molecule has 7 nitrogen and oxygen atoms in total. The van der Waals surface area contributed by atoms with Crippen LogP contribution in [0.4, 0.5) is 0 Å². The topological polar surface area (TPSA) is 92.8 Å². The fraction of sp³-hybridized carbons (Fsp3) is 0.200. The van der Waals surface area contributed by atoms with E-state index in [2.05, 4.69) is 10.6 Å². The van der Waals surface area contributed by atoms with Gasteiger partial charge >= 0.3 is 5.97 Å². The maximum Gasteiger partial charge on any atom is 0.338 e. The fourth-order valence-corrected chi connectivity index (χ4v) is 3.19. The Bertz CT molecular complexity index is 964. The first kappa shape index (κ1) is 21.2. The van der Waals surface area contributed by atoms with Crippen LogP contribution in [0.2, 0.25) is 0 Å². The first-order chi connectivity index (χ1) is 13.3. The van der Waals surface area contributed by atoms with Crippen molar-refractivity contribution >= 4 is 21.9 Å². The number of nitrogens with one attached hydrogen (secondary N) is 1. The molecule has 0 aliphatic rings. The SMILES string of the molecule is C#CCNS(=O)(=O)c1ccc(C(=O)OCC(=O)N(C)Cc2ccccc2)cc1. The van der Waals surface area contributed by atoms with Crippen LogP contribution in [0.3, 0.4) is 0 Å². The van der Waals surface area contributed by atoms with Crippen molar-refractivity contribution < 1.29 is 22.7 Å². The number of hydrogen-bond donors (Lipinski definition) is 1. The van der Waals surface area contributed by atoms with E-state index in [0.717, 1.165) is 5.56 Å². The summed E-state index contributed by atoms with van der Waals surface area (Å²) >= 11 is 0. The average Bonchev–Trinajstić information content (AvgIpc) is 2.71. The normalized spacial score (nSPS) is 10.7. The molecule has 28 heavy (non-hydrogen) atoms. The second kappa shape index (κ2) is 9.69. The summed E-state index contributed by atoms with van der Waals surface area (Å²) in [6.07, 6.45) is 5.03. The van der Waals surface area contributed by atoms with E-state index in [9.17, 15) is 18.0 Å². The molecule has 0 unspecified atom stereocenters. The average molecular weight is 400 g/mol. The quantitative estimate of drug-likeness (QED) is 0.534. The molecule has 8 heteroatoms. The number of ether oxygens (including phenoxy) is 1. The lowest BCUT2D eigenvalue weighted by molar-refractivity contribution is -0.133. The lowest BCUT2D eigenvalue weighted by Gasteiger charge is -2.17. The number of sulfonamides is 1. The first-order valence-electron chi connectivity index (χ1n) is 8.31. The monoisotopic (exact) mass is 400 g/mol. The summed E-state index contributed by atoms with van der Waals surface area (Å²) in [5.41, 5.74) is 1.09. The van der Waals surface area contributed by atoms with Crippen molar-refractivity contribution in [3.05, 3.63) is 65.7 Å². The number of carbonyl (C=O) groups is 2. The van der Waals surface area contributed by atoms with Crippen LogP contribution in [0.25, 0.3) is 0 Å². The predicted octanol–water partition coefficient (Wildman–Crippen LogP) is 1.41. The van der Waals surface area contributed by atoms with Crippen LogP contribution in [0.15, 0.2) is 59.5 Å². The highest BCUT2D eigenvalue weighted by atomic mass is 32.2. The van der Waals surface area contributed by atoms with Crippen molar-refractivity contribution in [3.63, 3.8) is 0 Å². The van der Waals surface area contributed by atoms with E-state index in [1.807, 2.05) is 30.3 Å². The number of benzene rings is 2. The Hall–Kier alpha value is -3.15. The van der Waals surface area contributed by atoms with E-state index in [4.69, 9.17) is 11.2 Å². The smallest absolute Gasteiger partial charge is 0.338 e. The van der Waals surface area contributed by atoms with Crippen molar-refractivity contribution in [2.24, 2.45) is 0 Å². The Kier molecular flexibility index (Phi) is 7.32. The van der Waals surface area contributed by atoms with Crippen molar-refractivity contribution in [2.75, 3.05) is 20.2 Å². The Labute approximate surface area is 164 Å². The summed E-state index contributed by atoms with van der Waals surface area (Å²) in [5.74, 6) is 1.10. The summed E-state index contributed by atoms with van der Waals surface area (Å²) in [4.78, 5) is 25.6. The van der Waals surface area contributed by atoms with Gasteiger partial charge in [-0.3, -0.25) is 4.79 Å². The molecule has 146 valence electrons. The molecule has 1 N–H and O–H groups in total. The van der Waals surface area contributed by atoms with Crippen molar-refractivity contribution in [1.82, 2.24) is 9.62 Å². The third-order valence-electron chi connectivity index (χ3n) is 3.78. The van der Waals surface area contributed by atoms with Crippen LogP contribution in [0.5, 0.6) is 0 Å². The highest BCUT2D eigenvalue weighted by molar-refractivity contribution is 7.89. The molecule has 2 aromatic carbocycles. The van der Waals surface area contributed by atoms with E-state index in [1.165, 1.54) is 29.2 Å². The third-order valence-corrected chi connectivity index (χ3v) is 5.20. The van der Waals surface area contributed by atoms with Gasteiger partial charge < -0.3 is 9.64 Å². The fourth-order valence-electron chi connectivity index (χ4n) is 2.26. The molecule has 0 heterocycles. The van der Waals surface area contributed by atoms with Gasteiger partial charge in [-0.1, -0.05) is 36.3 Å². The van der Waals surface area contributed by atoms with Gasteiger partial charge in [0.15, 0.2) is 6.61 Å². The minimum absolute atomic E-state index is 0.0297. The van der Waals surface area contributed by atoms with Gasteiger partial charge in [0.05, 0.1) is 17.0 Å². The molecule has 0 bridgehead atoms. The molecule has 2 rings (SSSR count). The number of terminal acetylenes is 1. The van der Waals surface area contributed by atoms with Crippen LogP contribution < -0.4 is 4.72 Å².